The molecule has 3 aromatic rings. The SMILES string of the molecule is NC(c1ccc2[nH]c(=O)c(=O)[nH]c2c1)c1ccc(Cl)o1. The molecule has 0 saturated carbocycles. The molecule has 0 amide bonds. The van der Waals surface area contributed by atoms with Crippen molar-refractivity contribution < 1.29 is 4.42 Å². The van der Waals surface area contributed by atoms with Crippen LogP contribution in [-0.4, -0.2) is 9.97 Å². The lowest BCUT2D eigenvalue weighted by atomic mass is 10.0. The summed E-state index contributed by atoms with van der Waals surface area (Å²) in [6.07, 6.45) is 0. The van der Waals surface area contributed by atoms with E-state index >= 15 is 0 Å². The Hall–Kier alpha value is -2.31. The number of hydrogen-bond donors (Lipinski definition) is 3. The van der Waals surface area contributed by atoms with Crippen molar-refractivity contribution in [3.63, 3.8) is 0 Å². The van der Waals surface area contributed by atoms with Crippen molar-refractivity contribution >= 4 is 22.6 Å². The number of aromatic nitrogens is 2. The first kappa shape index (κ1) is 12.7. The third kappa shape index (κ3) is 2.15. The van der Waals surface area contributed by atoms with E-state index in [4.69, 9.17) is 21.8 Å². The number of nitrogens with two attached hydrogens (primary N) is 1. The monoisotopic (exact) mass is 291 g/mol. The van der Waals surface area contributed by atoms with Crippen LogP contribution in [0.4, 0.5) is 0 Å². The third-order valence-corrected chi connectivity index (χ3v) is 3.21. The normalized spacial score (nSPS) is 12.7. The molecule has 0 aliphatic rings. The highest BCUT2D eigenvalue weighted by Gasteiger charge is 2.14. The zero-order valence-electron chi connectivity index (χ0n) is 10.1. The minimum atomic E-state index is -0.704. The van der Waals surface area contributed by atoms with Gasteiger partial charge in [-0.25, -0.2) is 0 Å². The minimum absolute atomic E-state index is 0.258. The predicted octanol–water partition coefficient (Wildman–Crippen LogP) is 1.51. The summed E-state index contributed by atoms with van der Waals surface area (Å²) >= 11 is 5.72. The van der Waals surface area contributed by atoms with Gasteiger partial charge < -0.3 is 20.1 Å². The van der Waals surface area contributed by atoms with Gasteiger partial charge in [-0.3, -0.25) is 9.59 Å². The first-order chi connectivity index (χ1) is 9.54. The fourth-order valence-corrected chi connectivity index (χ4v) is 2.14. The van der Waals surface area contributed by atoms with Gasteiger partial charge in [0.2, 0.25) is 0 Å². The van der Waals surface area contributed by atoms with Gasteiger partial charge in [-0.2, -0.15) is 0 Å². The van der Waals surface area contributed by atoms with Crippen LogP contribution >= 0.6 is 11.6 Å². The Morgan fingerprint density at radius 2 is 1.75 bits per heavy atom. The quantitative estimate of drug-likeness (QED) is 0.622. The van der Waals surface area contributed by atoms with Crippen LogP contribution < -0.4 is 16.9 Å². The van der Waals surface area contributed by atoms with Crippen molar-refractivity contribution in [2.24, 2.45) is 5.73 Å². The highest BCUT2D eigenvalue weighted by molar-refractivity contribution is 6.28. The molecule has 1 aromatic carbocycles. The average Bonchev–Trinajstić information content (AvgIpc) is 2.85. The summed E-state index contributed by atoms with van der Waals surface area (Å²) in [6.45, 7) is 0. The minimum Gasteiger partial charge on any atom is -0.448 e. The molecule has 20 heavy (non-hydrogen) atoms. The Kier molecular flexibility index (Phi) is 2.96. The third-order valence-electron chi connectivity index (χ3n) is 3.01. The number of rotatable bonds is 2. The number of aromatic amines is 2. The summed E-state index contributed by atoms with van der Waals surface area (Å²) < 4.78 is 5.27. The van der Waals surface area contributed by atoms with Gasteiger partial charge in [-0.15, -0.1) is 0 Å². The molecule has 0 bridgehead atoms. The largest absolute Gasteiger partial charge is 0.448 e. The Bertz CT molecular complexity index is 894. The van der Waals surface area contributed by atoms with Gasteiger partial charge in [0, 0.05) is 0 Å². The lowest BCUT2D eigenvalue weighted by molar-refractivity contribution is 0.491. The summed E-state index contributed by atoms with van der Waals surface area (Å²) in [4.78, 5) is 27.5. The summed E-state index contributed by atoms with van der Waals surface area (Å²) in [7, 11) is 0. The molecule has 0 aliphatic carbocycles. The van der Waals surface area contributed by atoms with Crippen LogP contribution in [0.3, 0.4) is 0 Å². The summed E-state index contributed by atoms with van der Waals surface area (Å²) in [5.41, 5.74) is 6.44. The summed E-state index contributed by atoms with van der Waals surface area (Å²) in [6, 6.07) is 7.89. The molecule has 102 valence electrons. The van der Waals surface area contributed by atoms with E-state index in [2.05, 4.69) is 9.97 Å². The molecule has 2 heterocycles. The Labute approximate surface area is 117 Å². The number of halogens is 1. The van der Waals surface area contributed by atoms with Crippen molar-refractivity contribution in [2.75, 3.05) is 0 Å². The molecule has 3 rings (SSSR count). The lowest BCUT2D eigenvalue weighted by Crippen LogP contribution is -2.29. The second kappa shape index (κ2) is 4.66. The molecular weight excluding hydrogens is 282 g/mol. The molecule has 4 N–H and O–H groups in total. The molecule has 7 heteroatoms. The zero-order valence-corrected chi connectivity index (χ0v) is 10.9. The first-order valence-electron chi connectivity index (χ1n) is 5.81. The number of benzene rings is 1. The molecule has 0 aliphatic heterocycles. The second-order valence-corrected chi connectivity index (χ2v) is 4.71. The van der Waals surface area contributed by atoms with Gasteiger partial charge in [0.25, 0.3) is 0 Å². The smallest absolute Gasteiger partial charge is 0.314 e. The molecule has 0 saturated heterocycles. The number of hydrogen-bond acceptors (Lipinski definition) is 4. The number of fused-ring (bicyclic) bond motifs is 1. The summed E-state index contributed by atoms with van der Waals surface area (Å²) in [5, 5.41) is 0.258. The predicted molar refractivity (Wildman–Crippen MR) is 74.9 cm³/mol. The highest BCUT2D eigenvalue weighted by atomic mass is 35.5. The molecule has 0 radical (unpaired) electrons. The van der Waals surface area contributed by atoms with E-state index in [1.54, 1.807) is 30.3 Å². The van der Waals surface area contributed by atoms with Crippen molar-refractivity contribution in [3.8, 4) is 0 Å². The highest BCUT2D eigenvalue weighted by Crippen LogP contribution is 2.25. The molecule has 0 fully saturated rings. The van der Waals surface area contributed by atoms with Crippen molar-refractivity contribution in [3.05, 3.63) is 67.6 Å². The fraction of sp³-hybridized carbons (Fsp3) is 0.0769. The maximum atomic E-state index is 11.3. The molecule has 6 nitrogen and oxygen atoms in total. The van der Waals surface area contributed by atoms with E-state index < -0.39 is 17.2 Å². The fourth-order valence-electron chi connectivity index (χ4n) is 1.99. The van der Waals surface area contributed by atoms with Crippen LogP contribution in [0.15, 0.2) is 44.3 Å². The standard InChI is InChI=1S/C13H10ClN3O3/c14-10-4-3-9(20-10)11(15)6-1-2-7-8(5-6)17-13(19)12(18)16-7/h1-5,11H,15H2,(H,16,18)(H,17,19). The van der Waals surface area contributed by atoms with Crippen LogP contribution in [0.25, 0.3) is 11.0 Å². The van der Waals surface area contributed by atoms with Crippen LogP contribution in [-0.2, 0) is 0 Å². The molecule has 1 atom stereocenters. The van der Waals surface area contributed by atoms with E-state index in [-0.39, 0.29) is 5.22 Å². The van der Waals surface area contributed by atoms with Crippen LogP contribution in [0.1, 0.15) is 17.4 Å². The molecule has 0 spiro atoms. The van der Waals surface area contributed by atoms with Gasteiger partial charge in [0.1, 0.15) is 5.76 Å². The van der Waals surface area contributed by atoms with Gasteiger partial charge in [0.05, 0.1) is 17.1 Å². The average molecular weight is 292 g/mol. The maximum Gasteiger partial charge on any atom is 0.314 e. The van der Waals surface area contributed by atoms with Crippen LogP contribution in [0, 0.1) is 0 Å². The van der Waals surface area contributed by atoms with Gasteiger partial charge in [0.15, 0.2) is 5.22 Å². The molecular formula is C13H10ClN3O3. The Morgan fingerprint density at radius 1 is 1.05 bits per heavy atom. The zero-order chi connectivity index (χ0) is 14.3. The topological polar surface area (TPSA) is 105 Å². The molecule has 1 unspecified atom stereocenters. The second-order valence-electron chi connectivity index (χ2n) is 4.33. The van der Waals surface area contributed by atoms with Gasteiger partial charge in [-0.05, 0) is 41.4 Å². The van der Waals surface area contributed by atoms with E-state index in [1.165, 1.54) is 0 Å². The molecule has 2 aromatic heterocycles. The Balaban J connectivity index is 2.11. The van der Waals surface area contributed by atoms with E-state index in [9.17, 15) is 9.59 Å². The van der Waals surface area contributed by atoms with Crippen molar-refractivity contribution in [2.45, 2.75) is 6.04 Å². The van der Waals surface area contributed by atoms with Gasteiger partial charge >= 0.3 is 11.1 Å². The van der Waals surface area contributed by atoms with E-state index in [0.29, 0.717) is 16.8 Å². The van der Waals surface area contributed by atoms with Crippen molar-refractivity contribution in [1.82, 2.24) is 9.97 Å². The lowest BCUT2D eigenvalue weighted by Gasteiger charge is -2.09. The van der Waals surface area contributed by atoms with Crippen LogP contribution in [0.5, 0.6) is 0 Å². The van der Waals surface area contributed by atoms with Gasteiger partial charge in [-0.1, -0.05) is 6.07 Å². The summed E-state index contributed by atoms with van der Waals surface area (Å²) in [5.74, 6) is 0.515. The Morgan fingerprint density at radius 3 is 2.40 bits per heavy atom. The first-order valence-corrected chi connectivity index (χ1v) is 6.19. The van der Waals surface area contributed by atoms with E-state index in [0.717, 1.165) is 5.56 Å². The number of furan rings is 1. The van der Waals surface area contributed by atoms with Crippen molar-refractivity contribution in [1.29, 1.82) is 0 Å². The number of H-pyrrole nitrogens is 2. The van der Waals surface area contributed by atoms with Crippen LogP contribution in [0.2, 0.25) is 5.22 Å². The number of nitrogens with one attached hydrogen (secondary N) is 2. The maximum absolute atomic E-state index is 11.3. The van der Waals surface area contributed by atoms with E-state index in [1.807, 2.05) is 0 Å².